The molecule has 2 aromatic rings. The van der Waals surface area contributed by atoms with Gasteiger partial charge in [0, 0.05) is 4.47 Å². The third-order valence-corrected chi connectivity index (χ3v) is 3.12. The fourth-order valence-corrected chi connectivity index (χ4v) is 2.10. The molecule has 0 saturated heterocycles. The summed E-state index contributed by atoms with van der Waals surface area (Å²) in [5.41, 5.74) is 4.81. The zero-order valence-electron chi connectivity index (χ0n) is 7.84. The first-order chi connectivity index (χ1) is 6.72. The third-order valence-electron chi connectivity index (χ3n) is 2.27. The number of nitrogens with two attached hydrogens (primary N) is 1. The minimum atomic E-state index is 0.906. The van der Waals surface area contributed by atoms with Crippen molar-refractivity contribution in [2.45, 2.75) is 6.92 Å². The van der Waals surface area contributed by atoms with Crippen LogP contribution < -0.4 is 11.3 Å². The minimum absolute atomic E-state index is 0.906. The van der Waals surface area contributed by atoms with Crippen molar-refractivity contribution in [3.63, 3.8) is 0 Å². The van der Waals surface area contributed by atoms with Gasteiger partial charge in [-0.15, -0.1) is 0 Å². The second-order valence-corrected chi connectivity index (χ2v) is 4.09. The van der Waals surface area contributed by atoms with Gasteiger partial charge in [0.05, 0.1) is 5.69 Å². The number of hydrogen-bond donors (Lipinski definition) is 2. The largest absolute Gasteiger partial charge is 0.323 e. The number of rotatable bonds is 1. The number of nitrogens with one attached hydrogen (secondary N) is 1. The predicted molar refractivity (Wildman–Crippen MR) is 64.2 cm³/mol. The molecule has 0 fully saturated rings. The molecule has 0 radical (unpaired) electrons. The van der Waals surface area contributed by atoms with Crippen molar-refractivity contribution in [1.29, 1.82) is 0 Å². The Morgan fingerprint density at radius 3 is 2.64 bits per heavy atom. The summed E-state index contributed by atoms with van der Waals surface area (Å²) in [6.45, 7) is 2.08. The van der Waals surface area contributed by atoms with Gasteiger partial charge >= 0.3 is 0 Å². The summed E-state index contributed by atoms with van der Waals surface area (Å²) >= 11 is 3.53. The molecule has 3 heteroatoms. The zero-order valence-corrected chi connectivity index (χ0v) is 9.43. The van der Waals surface area contributed by atoms with Crippen molar-refractivity contribution >= 4 is 32.4 Å². The quantitative estimate of drug-likeness (QED) is 0.603. The Balaban J connectivity index is 2.79. The molecule has 0 aliphatic heterocycles. The summed E-state index contributed by atoms with van der Waals surface area (Å²) in [6, 6.07) is 10.4. The van der Waals surface area contributed by atoms with E-state index in [2.05, 4.69) is 52.5 Å². The van der Waals surface area contributed by atoms with Crippen molar-refractivity contribution in [1.82, 2.24) is 0 Å². The summed E-state index contributed by atoms with van der Waals surface area (Å²) in [5.74, 6) is 5.40. The Labute approximate surface area is 91.2 Å². The van der Waals surface area contributed by atoms with E-state index < -0.39 is 0 Å². The topological polar surface area (TPSA) is 38.0 Å². The number of benzene rings is 2. The molecule has 0 bridgehead atoms. The SMILES string of the molecule is Cc1ccc2ccc(NN)c(Br)c2c1. The van der Waals surface area contributed by atoms with Crippen LogP contribution in [0.15, 0.2) is 34.8 Å². The van der Waals surface area contributed by atoms with Gasteiger partial charge in [-0.3, -0.25) is 5.84 Å². The molecule has 0 saturated carbocycles. The summed E-state index contributed by atoms with van der Waals surface area (Å²) in [7, 11) is 0. The van der Waals surface area contributed by atoms with Gasteiger partial charge in [-0.25, -0.2) is 0 Å². The lowest BCUT2D eigenvalue weighted by molar-refractivity contribution is 1.35. The van der Waals surface area contributed by atoms with Gasteiger partial charge in [0.1, 0.15) is 0 Å². The molecule has 3 N–H and O–H groups in total. The number of hydrogen-bond acceptors (Lipinski definition) is 2. The molecule has 2 nitrogen and oxygen atoms in total. The normalized spacial score (nSPS) is 10.5. The molecule has 0 aromatic heterocycles. The van der Waals surface area contributed by atoms with Gasteiger partial charge in [-0.1, -0.05) is 29.8 Å². The van der Waals surface area contributed by atoms with Crippen LogP contribution in [0.25, 0.3) is 10.8 Å². The lowest BCUT2D eigenvalue weighted by Crippen LogP contribution is -2.07. The van der Waals surface area contributed by atoms with Crippen LogP contribution in [0.4, 0.5) is 5.69 Å². The molecule has 0 atom stereocenters. The molecule has 2 aromatic carbocycles. The molecule has 2 rings (SSSR count). The van der Waals surface area contributed by atoms with E-state index in [9.17, 15) is 0 Å². The molecule has 0 unspecified atom stereocenters. The lowest BCUT2D eigenvalue weighted by atomic mass is 10.1. The zero-order chi connectivity index (χ0) is 10.1. The van der Waals surface area contributed by atoms with Crippen molar-refractivity contribution in [3.8, 4) is 0 Å². The van der Waals surface area contributed by atoms with E-state index in [1.807, 2.05) is 6.07 Å². The maximum Gasteiger partial charge on any atom is 0.0633 e. The first kappa shape index (κ1) is 9.49. The summed E-state index contributed by atoms with van der Waals surface area (Å²) in [6.07, 6.45) is 0. The average molecular weight is 251 g/mol. The molecular formula is C11H11BrN2. The monoisotopic (exact) mass is 250 g/mol. The van der Waals surface area contributed by atoms with E-state index in [-0.39, 0.29) is 0 Å². The Morgan fingerprint density at radius 2 is 1.93 bits per heavy atom. The Bertz CT molecular complexity index is 480. The van der Waals surface area contributed by atoms with Crippen molar-refractivity contribution < 1.29 is 0 Å². The Morgan fingerprint density at radius 1 is 1.21 bits per heavy atom. The van der Waals surface area contributed by atoms with Crippen molar-refractivity contribution in [2.75, 3.05) is 5.43 Å². The molecule has 0 amide bonds. The van der Waals surface area contributed by atoms with Gasteiger partial charge in [-0.2, -0.15) is 0 Å². The standard InChI is InChI=1S/C11H11BrN2/c1-7-2-3-8-4-5-10(14-13)11(12)9(8)6-7/h2-6,14H,13H2,1H3. The number of aryl methyl sites for hydroxylation is 1. The van der Waals surface area contributed by atoms with E-state index in [0.29, 0.717) is 0 Å². The molecule has 0 spiro atoms. The molecule has 0 aliphatic carbocycles. The number of nitrogen functional groups attached to an aromatic ring is 1. The van der Waals surface area contributed by atoms with Gasteiger partial charge in [0.25, 0.3) is 0 Å². The first-order valence-electron chi connectivity index (χ1n) is 4.38. The van der Waals surface area contributed by atoms with E-state index >= 15 is 0 Å². The summed E-state index contributed by atoms with van der Waals surface area (Å²) in [5, 5.41) is 2.39. The second kappa shape index (κ2) is 3.59. The molecule has 72 valence electrons. The highest BCUT2D eigenvalue weighted by Gasteiger charge is 2.03. The minimum Gasteiger partial charge on any atom is -0.323 e. The van der Waals surface area contributed by atoms with Crippen LogP contribution in [-0.4, -0.2) is 0 Å². The predicted octanol–water partition coefficient (Wildman–Crippen LogP) is 3.20. The molecular weight excluding hydrogens is 240 g/mol. The maximum absolute atomic E-state index is 5.40. The van der Waals surface area contributed by atoms with Crippen LogP contribution in [0.1, 0.15) is 5.56 Å². The van der Waals surface area contributed by atoms with E-state index in [4.69, 9.17) is 5.84 Å². The average Bonchev–Trinajstić information content (AvgIpc) is 2.20. The summed E-state index contributed by atoms with van der Waals surface area (Å²) in [4.78, 5) is 0. The van der Waals surface area contributed by atoms with E-state index in [1.54, 1.807) is 0 Å². The highest BCUT2D eigenvalue weighted by atomic mass is 79.9. The fourth-order valence-electron chi connectivity index (χ4n) is 1.51. The lowest BCUT2D eigenvalue weighted by Gasteiger charge is -2.07. The Kier molecular flexibility index (Phi) is 2.44. The fraction of sp³-hybridized carbons (Fsp3) is 0.0909. The van der Waals surface area contributed by atoms with Crippen LogP contribution >= 0.6 is 15.9 Å². The van der Waals surface area contributed by atoms with Crippen LogP contribution in [0.3, 0.4) is 0 Å². The van der Waals surface area contributed by atoms with Gasteiger partial charge in [-0.05, 0) is 39.7 Å². The van der Waals surface area contributed by atoms with E-state index in [0.717, 1.165) is 10.2 Å². The van der Waals surface area contributed by atoms with Gasteiger partial charge in [0.15, 0.2) is 0 Å². The van der Waals surface area contributed by atoms with Gasteiger partial charge in [0.2, 0.25) is 0 Å². The number of anilines is 1. The highest BCUT2D eigenvalue weighted by molar-refractivity contribution is 9.10. The van der Waals surface area contributed by atoms with Crippen LogP contribution in [0.5, 0.6) is 0 Å². The maximum atomic E-state index is 5.40. The highest BCUT2D eigenvalue weighted by Crippen LogP contribution is 2.31. The summed E-state index contributed by atoms with van der Waals surface area (Å²) < 4.78 is 1.02. The van der Waals surface area contributed by atoms with Crippen molar-refractivity contribution in [3.05, 3.63) is 40.4 Å². The molecule has 0 heterocycles. The number of halogens is 1. The van der Waals surface area contributed by atoms with E-state index in [1.165, 1.54) is 16.3 Å². The third kappa shape index (κ3) is 1.49. The number of fused-ring (bicyclic) bond motifs is 1. The molecule has 14 heavy (non-hydrogen) atoms. The van der Waals surface area contributed by atoms with Crippen molar-refractivity contribution in [2.24, 2.45) is 5.84 Å². The Hall–Kier alpha value is -1.06. The van der Waals surface area contributed by atoms with Crippen LogP contribution in [-0.2, 0) is 0 Å². The van der Waals surface area contributed by atoms with Gasteiger partial charge < -0.3 is 5.43 Å². The first-order valence-corrected chi connectivity index (χ1v) is 5.17. The smallest absolute Gasteiger partial charge is 0.0633 e. The van der Waals surface area contributed by atoms with Crippen LogP contribution in [0.2, 0.25) is 0 Å². The molecule has 0 aliphatic rings. The van der Waals surface area contributed by atoms with Crippen LogP contribution in [0, 0.1) is 6.92 Å². The second-order valence-electron chi connectivity index (χ2n) is 3.30. The number of hydrazine groups is 1.